The van der Waals surface area contributed by atoms with Crippen molar-refractivity contribution >= 4 is 17.6 Å². The van der Waals surface area contributed by atoms with Crippen LogP contribution in [0.5, 0.6) is 5.75 Å². The normalized spacial score (nSPS) is 11.3. The molecule has 0 radical (unpaired) electrons. The number of hydrogen-bond donors (Lipinski definition) is 2. The van der Waals surface area contributed by atoms with Crippen molar-refractivity contribution in [3.8, 4) is 5.75 Å². The lowest BCUT2D eigenvalue weighted by molar-refractivity contribution is 0.322. The SMILES string of the molecule is CN=C(NCCOc1ccc(Cl)cc1)NCCn1cccc1. The molecule has 1 aromatic heterocycles. The minimum atomic E-state index is 0.555. The first-order valence-electron chi connectivity index (χ1n) is 7.21. The van der Waals surface area contributed by atoms with Gasteiger partial charge in [-0.3, -0.25) is 4.99 Å². The maximum atomic E-state index is 5.83. The molecule has 0 amide bonds. The molecule has 0 bridgehead atoms. The van der Waals surface area contributed by atoms with Crippen molar-refractivity contribution in [2.45, 2.75) is 6.54 Å². The summed E-state index contributed by atoms with van der Waals surface area (Å²) in [6.07, 6.45) is 4.08. The van der Waals surface area contributed by atoms with Crippen molar-refractivity contribution < 1.29 is 4.74 Å². The average Bonchev–Trinajstić information content (AvgIpc) is 3.04. The Hall–Kier alpha value is -2.14. The van der Waals surface area contributed by atoms with Crippen molar-refractivity contribution in [1.29, 1.82) is 0 Å². The van der Waals surface area contributed by atoms with E-state index in [2.05, 4.69) is 20.2 Å². The smallest absolute Gasteiger partial charge is 0.191 e. The molecule has 0 unspecified atom stereocenters. The average molecular weight is 321 g/mol. The molecule has 0 fully saturated rings. The lowest BCUT2D eigenvalue weighted by atomic mass is 10.3. The number of nitrogens with zero attached hydrogens (tertiary/aromatic N) is 2. The molecule has 6 heteroatoms. The van der Waals surface area contributed by atoms with Crippen LogP contribution in [-0.4, -0.2) is 37.3 Å². The Morgan fingerprint density at radius 2 is 1.82 bits per heavy atom. The van der Waals surface area contributed by atoms with E-state index in [0.717, 1.165) is 24.8 Å². The van der Waals surface area contributed by atoms with Gasteiger partial charge in [0.05, 0.1) is 6.54 Å². The summed E-state index contributed by atoms with van der Waals surface area (Å²) in [5, 5.41) is 7.17. The van der Waals surface area contributed by atoms with Gasteiger partial charge in [0.2, 0.25) is 0 Å². The molecule has 0 saturated carbocycles. The third-order valence-electron chi connectivity index (χ3n) is 3.03. The highest BCUT2D eigenvalue weighted by Crippen LogP contribution is 2.14. The van der Waals surface area contributed by atoms with Crippen LogP contribution in [0.1, 0.15) is 0 Å². The minimum Gasteiger partial charge on any atom is -0.492 e. The molecule has 0 aliphatic heterocycles. The van der Waals surface area contributed by atoms with Gasteiger partial charge in [-0.15, -0.1) is 0 Å². The first-order valence-corrected chi connectivity index (χ1v) is 7.59. The van der Waals surface area contributed by atoms with Crippen molar-refractivity contribution in [2.24, 2.45) is 4.99 Å². The van der Waals surface area contributed by atoms with Crippen LogP contribution in [0.15, 0.2) is 53.8 Å². The maximum Gasteiger partial charge on any atom is 0.191 e. The van der Waals surface area contributed by atoms with Crippen LogP contribution in [-0.2, 0) is 6.54 Å². The molecule has 5 nitrogen and oxygen atoms in total. The molecule has 1 aromatic carbocycles. The van der Waals surface area contributed by atoms with E-state index in [0.29, 0.717) is 18.2 Å². The van der Waals surface area contributed by atoms with Crippen LogP contribution >= 0.6 is 11.6 Å². The highest BCUT2D eigenvalue weighted by molar-refractivity contribution is 6.30. The fraction of sp³-hybridized carbons (Fsp3) is 0.312. The fourth-order valence-corrected chi connectivity index (χ4v) is 2.04. The molecular weight excluding hydrogens is 300 g/mol. The molecule has 0 spiro atoms. The zero-order valence-electron chi connectivity index (χ0n) is 12.6. The number of ether oxygens (including phenoxy) is 1. The Morgan fingerprint density at radius 1 is 1.14 bits per heavy atom. The summed E-state index contributed by atoms with van der Waals surface area (Å²) in [6.45, 7) is 2.94. The predicted molar refractivity (Wildman–Crippen MR) is 90.7 cm³/mol. The third kappa shape index (κ3) is 5.69. The Bertz CT molecular complexity index is 566. The topological polar surface area (TPSA) is 50.6 Å². The van der Waals surface area contributed by atoms with Crippen LogP contribution in [0, 0.1) is 0 Å². The zero-order chi connectivity index (χ0) is 15.6. The van der Waals surface area contributed by atoms with Crippen LogP contribution in [0.25, 0.3) is 0 Å². The third-order valence-corrected chi connectivity index (χ3v) is 3.28. The molecule has 2 aromatic rings. The number of aliphatic imine (C=N–C) groups is 1. The lowest BCUT2D eigenvalue weighted by Gasteiger charge is -2.13. The van der Waals surface area contributed by atoms with Gasteiger partial charge in [0.25, 0.3) is 0 Å². The van der Waals surface area contributed by atoms with Crippen molar-refractivity contribution in [3.05, 3.63) is 53.8 Å². The summed E-state index contributed by atoms with van der Waals surface area (Å²) >= 11 is 5.83. The number of guanidine groups is 1. The van der Waals surface area contributed by atoms with Gasteiger partial charge in [0.15, 0.2) is 5.96 Å². The number of aromatic nitrogens is 1. The van der Waals surface area contributed by atoms with Crippen molar-refractivity contribution in [1.82, 2.24) is 15.2 Å². The molecule has 2 rings (SSSR count). The lowest BCUT2D eigenvalue weighted by Crippen LogP contribution is -2.40. The Morgan fingerprint density at radius 3 is 2.50 bits per heavy atom. The molecule has 2 N–H and O–H groups in total. The highest BCUT2D eigenvalue weighted by atomic mass is 35.5. The second kappa shape index (κ2) is 9.00. The van der Waals surface area contributed by atoms with Crippen LogP contribution in [0.2, 0.25) is 5.02 Å². The summed E-state index contributed by atoms with van der Waals surface area (Å²) in [5.74, 6) is 1.58. The standard InChI is InChI=1S/C16H21ClN4O/c1-18-16(19-8-12-21-10-2-3-11-21)20-9-13-22-15-6-4-14(17)5-7-15/h2-7,10-11H,8-9,12-13H2,1H3,(H2,18,19,20). The van der Waals surface area contributed by atoms with Gasteiger partial charge in [0, 0.05) is 37.6 Å². The van der Waals surface area contributed by atoms with E-state index in [1.165, 1.54) is 0 Å². The second-order valence-corrected chi connectivity index (χ2v) is 5.09. The first-order chi connectivity index (χ1) is 10.8. The number of nitrogens with one attached hydrogen (secondary N) is 2. The summed E-state index contributed by atoms with van der Waals surface area (Å²) in [4.78, 5) is 4.18. The summed E-state index contributed by atoms with van der Waals surface area (Å²) < 4.78 is 7.73. The molecule has 0 atom stereocenters. The van der Waals surface area contributed by atoms with Gasteiger partial charge in [-0.2, -0.15) is 0 Å². The van der Waals surface area contributed by atoms with E-state index in [1.807, 2.05) is 48.8 Å². The number of rotatable bonds is 7. The van der Waals surface area contributed by atoms with Gasteiger partial charge >= 0.3 is 0 Å². The van der Waals surface area contributed by atoms with Gasteiger partial charge < -0.3 is 19.9 Å². The molecule has 1 heterocycles. The van der Waals surface area contributed by atoms with Gasteiger partial charge in [-0.05, 0) is 36.4 Å². The fourth-order valence-electron chi connectivity index (χ4n) is 1.91. The van der Waals surface area contributed by atoms with Crippen LogP contribution < -0.4 is 15.4 Å². The zero-order valence-corrected chi connectivity index (χ0v) is 13.4. The largest absolute Gasteiger partial charge is 0.492 e. The van der Waals surface area contributed by atoms with Crippen LogP contribution in [0.4, 0.5) is 0 Å². The van der Waals surface area contributed by atoms with Gasteiger partial charge in [-0.1, -0.05) is 11.6 Å². The Balaban J connectivity index is 1.60. The van der Waals surface area contributed by atoms with Crippen molar-refractivity contribution in [3.63, 3.8) is 0 Å². The molecular formula is C16H21ClN4O. The van der Waals surface area contributed by atoms with E-state index < -0.39 is 0 Å². The van der Waals surface area contributed by atoms with Crippen molar-refractivity contribution in [2.75, 3.05) is 26.7 Å². The van der Waals surface area contributed by atoms with Gasteiger partial charge in [0.1, 0.15) is 12.4 Å². The summed E-state index contributed by atoms with van der Waals surface area (Å²) in [5.41, 5.74) is 0. The summed E-state index contributed by atoms with van der Waals surface area (Å²) in [7, 11) is 1.76. The molecule has 22 heavy (non-hydrogen) atoms. The maximum absolute atomic E-state index is 5.83. The summed E-state index contributed by atoms with van der Waals surface area (Å²) in [6, 6.07) is 11.4. The number of halogens is 1. The minimum absolute atomic E-state index is 0.555. The Labute approximate surface area is 136 Å². The highest BCUT2D eigenvalue weighted by Gasteiger charge is 1.98. The molecule has 118 valence electrons. The van der Waals surface area contributed by atoms with E-state index in [1.54, 1.807) is 7.05 Å². The van der Waals surface area contributed by atoms with E-state index in [4.69, 9.17) is 16.3 Å². The number of hydrogen-bond acceptors (Lipinski definition) is 2. The second-order valence-electron chi connectivity index (χ2n) is 4.65. The molecule has 0 aliphatic rings. The molecule has 0 saturated heterocycles. The predicted octanol–water partition coefficient (Wildman–Crippen LogP) is 2.39. The molecule has 0 aliphatic carbocycles. The van der Waals surface area contributed by atoms with Gasteiger partial charge in [-0.25, -0.2) is 0 Å². The van der Waals surface area contributed by atoms with E-state index in [-0.39, 0.29) is 0 Å². The monoisotopic (exact) mass is 320 g/mol. The van der Waals surface area contributed by atoms with Crippen LogP contribution in [0.3, 0.4) is 0 Å². The van der Waals surface area contributed by atoms with E-state index in [9.17, 15) is 0 Å². The van der Waals surface area contributed by atoms with E-state index >= 15 is 0 Å². The quantitative estimate of drug-likeness (QED) is 0.468. The Kier molecular flexibility index (Phi) is 6.64. The number of benzene rings is 1. The first kappa shape index (κ1) is 16.2.